The number of esters is 1. The molecule has 2 aliphatic carbocycles. The standard InChI is InChI=1S/C24H36N2O6/c1-14(7-8-15-9-10-26-19(25)11-15)16(13-27)12-23-20(28)17-5-3-4-6-18(17)21(29)24(23,32-23)22(30)31-2/h15,17-19,26-27H,3-13,25H2,1-2H3/p+1/t15?,17?,18?,19?,23-,24-/m0/s1. The minimum Gasteiger partial charge on any atom is -0.466 e. The molecule has 4 unspecified atom stereocenters. The second kappa shape index (κ2) is 8.97. The fourth-order valence-electron chi connectivity index (χ4n) is 6.37. The monoisotopic (exact) mass is 449 g/mol. The molecule has 32 heavy (non-hydrogen) atoms. The van der Waals surface area contributed by atoms with Gasteiger partial charge in [0.05, 0.1) is 20.3 Å². The number of ether oxygens (including phenoxy) is 2. The van der Waals surface area contributed by atoms with Crippen LogP contribution in [-0.2, 0) is 23.9 Å². The Morgan fingerprint density at radius 1 is 1.22 bits per heavy atom. The van der Waals surface area contributed by atoms with Gasteiger partial charge in [-0.1, -0.05) is 18.4 Å². The van der Waals surface area contributed by atoms with Gasteiger partial charge in [0.1, 0.15) is 6.17 Å². The molecule has 2 saturated heterocycles. The van der Waals surface area contributed by atoms with Crippen molar-refractivity contribution in [2.45, 2.75) is 82.1 Å². The maximum atomic E-state index is 13.6. The van der Waals surface area contributed by atoms with E-state index in [4.69, 9.17) is 15.2 Å². The number of carbonyl (C=O) groups excluding carboxylic acids is 3. The maximum Gasteiger partial charge on any atom is 0.349 e. The second-order valence-corrected chi connectivity index (χ2v) is 10.2. The third-order valence-electron chi connectivity index (χ3n) is 8.35. The number of Topliss-reactive ketones (excluding diaryl/α,β-unsaturated/α-hetero) is 2. The van der Waals surface area contributed by atoms with Crippen molar-refractivity contribution in [3.05, 3.63) is 11.1 Å². The largest absolute Gasteiger partial charge is 0.466 e. The first-order valence-electron chi connectivity index (χ1n) is 12.0. The topological polar surface area (TPSA) is 136 Å². The number of carbonyl (C=O) groups is 3. The van der Waals surface area contributed by atoms with Gasteiger partial charge in [0.2, 0.25) is 0 Å². The lowest BCUT2D eigenvalue weighted by molar-refractivity contribution is -0.699. The van der Waals surface area contributed by atoms with Crippen molar-refractivity contribution in [1.82, 2.24) is 0 Å². The maximum absolute atomic E-state index is 13.6. The van der Waals surface area contributed by atoms with E-state index in [1.165, 1.54) is 7.11 Å². The van der Waals surface area contributed by atoms with Gasteiger partial charge in [0.15, 0.2) is 17.2 Å². The molecule has 8 heteroatoms. The molecule has 178 valence electrons. The number of piperidine rings is 1. The smallest absolute Gasteiger partial charge is 0.349 e. The Hall–Kier alpha value is -1.61. The molecule has 0 aromatic carbocycles. The summed E-state index contributed by atoms with van der Waals surface area (Å²) in [6.45, 7) is 2.75. The molecule has 0 aromatic heterocycles. The minimum absolute atomic E-state index is 0.0657. The normalized spacial score (nSPS) is 39.6. The predicted molar refractivity (Wildman–Crippen MR) is 115 cm³/mol. The van der Waals surface area contributed by atoms with Crippen LogP contribution in [0.15, 0.2) is 11.1 Å². The van der Waals surface area contributed by atoms with Crippen LogP contribution in [0.5, 0.6) is 0 Å². The highest BCUT2D eigenvalue weighted by Crippen LogP contribution is 2.62. The van der Waals surface area contributed by atoms with Gasteiger partial charge >= 0.3 is 5.97 Å². The quantitative estimate of drug-likeness (QED) is 0.221. The predicted octanol–water partition coefficient (Wildman–Crippen LogP) is 0.363. The number of aliphatic hydroxyl groups is 1. The Bertz CT molecular complexity index is 825. The summed E-state index contributed by atoms with van der Waals surface area (Å²) in [4.78, 5) is 39.8. The lowest BCUT2D eigenvalue weighted by Crippen LogP contribution is -2.94. The van der Waals surface area contributed by atoms with Gasteiger partial charge in [-0.25, -0.2) is 4.79 Å². The van der Waals surface area contributed by atoms with Crippen LogP contribution in [0.25, 0.3) is 0 Å². The van der Waals surface area contributed by atoms with Gasteiger partial charge in [0, 0.05) is 24.7 Å². The SMILES string of the molecule is COC(=O)[C@]12O[C@@]1(CC(CO)=C(C)CCC1CC[NH2+]C(N)C1)C(=O)C1CCCCC1C2=O. The second-order valence-electron chi connectivity index (χ2n) is 10.2. The number of hydrogen-bond donors (Lipinski definition) is 3. The summed E-state index contributed by atoms with van der Waals surface area (Å²) in [7, 11) is 1.22. The van der Waals surface area contributed by atoms with Crippen molar-refractivity contribution in [3.8, 4) is 0 Å². The van der Waals surface area contributed by atoms with E-state index in [-0.39, 0.29) is 30.8 Å². The minimum atomic E-state index is -1.84. The van der Waals surface area contributed by atoms with Gasteiger partial charge in [-0.15, -0.1) is 0 Å². The number of ketones is 2. The fourth-order valence-corrected chi connectivity index (χ4v) is 6.37. The summed E-state index contributed by atoms with van der Waals surface area (Å²) >= 11 is 0. The van der Waals surface area contributed by atoms with Crippen molar-refractivity contribution in [2.75, 3.05) is 20.3 Å². The lowest BCUT2D eigenvalue weighted by Gasteiger charge is -2.37. The number of quaternary nitrogens is 1. The van der Waals surface area contributed by atoms with Gasteiger partial charge < -0.3 is 19.9 Å². The molecule has 2 aliphatic heterocycles. The number of allylic oxidation sites excluding steroid dienone is 1. The van der Waals surface area contributed by atoms with Crippen LogP contribution in [0.2, 0.25) is 0 Å². The first-order valence-corrected chi connectivity index (χ1v) is 12.0. The van der Waals surface area contributed by atoms with E-state index < -0.39 is 29.0 Å². The van der Waals surface area contributed by atoms with Gasteiger partial charge in [-0.3, -0.25) is 15.3 Å². The van der Waals surface area contributed by atoms with Crippen LogP contribution >= 0.6 is 0 Å². The van der Waals surface area contributed by atoms with Crippen LogP contribution in [0.1, 0.15) is 64.7 Å². The van der Waals surface area contributed by atoms with E-state index in [2.05, 4.69) is 5.32 Å². The number of aliphatic hydroxyl groups excluding tert-OH is 1. The lowest BCUT2D eigenvalue weighted by atomic mass is 9.60. The molecule has 0 aromatic rings. The van der Waals surface area contributed by atoms with Crippen LogP contribution in [0.4, 0.5) is 0 Å². The number of hydrogen-bond acceptors (Lipinski definition) is 7. The number of nitrogens with two attached hydrogens (primary N) is 2. The van der Waals surface area contributed by atoms with Gasteiger partial charge in [0.25, 0.3) is 5.60 Å². The van der Waals surface area contributed by atoms with Crippen molar-refractivity contribution >= 4 is 17.5 Å². The third-order valence-corrected chi connectivity index (χ3v) is 8.35. The molecule has 4 rings (SSSR count). The summed E-state index contributed by atoms with van der Waals surface area (Å²) in [5.41, 5.74) is 4.36. The molecular weight excluding hydrogens is 412 g/mol. The Balaban J connectivity index is 1.57. The van der Waals surface area contributed by atoms with E-state index in [9.17, 15) is 19.5 Å². The zero-order chi connectivity index (χ0) is 23.1. The summed E-state index contributed by atoms with van der Waals surface area (Å²) in [6, 6.07) is 0. The molecule has 4 fully saturated rings. The molecule has 5 N–H and O–H groups in total. The summed E-state index contributed by atoms with van der Waals surface area (Å²) in [5.74, 6) is -1.61. The molecule has 0 bridgehead atoms. The molecule has 0 radical (unpaired) electrons. The average Bonchev–Trinajstić information content (AvgIpc) is 3.50. The molecule has 0 amide bonds. The van der Waals surface area contributed by atoms with E-state index >= 15 is 0 Å². The molecule has 4 aliphatic rings. The molecule has 2 heterocycles. The van der Waals surface area contributed by atoms with Crippen LogP contribution in [-0.4, -0.2) is 60.3 Å². The number of fused-ring (bicyclic) bond motifs is 2. The molecule has 8 nitrogen and oxygen atoms in total. The van der Waals surface area contributed by atoms with Crippen molar-refractivity contribution in [3.63, 3.8) is 0 Å². The Kier molecular flexibility index (Phi) is 6.60. The van der Waals surface area contributed by atoms with Crippen LogP contribution in [0.3, 0.4) is 0 Å². The Morgan fingerprint density at radius 3 is 2.53 bits per heavy atom. The van der Waals surface area contributed by atoms with Gasteiger partial charge in [-0.2, -0.15) is 0 Å². The van der Waals surface area contributed by atoms with E-state index in [1.807, 2.05) is 6.92 Å². The summed E-state index contributed by atoms with van der Waals surface area (Å²) in [5, 5.41) is 12.3. The Morgan fingerprint density at radius 2 is 1.91 bits per heavy atom. The van der Waals surface area contributed by atoms with E-state index in [1.54, 1.807) is 0 Å². The first-order chi connectivity index (χ1) is 15.3. The summed E-state index contributed by atoms with van der Waals surface area (Å²) < 4.78 is 10.8. The number of epoxide rings is 1. The highest BCUT2D eigenvalue weighted by atomic mass is 16.7. The van der Waals surface area contributed by atoms with Crippen LogP contribution < -0.4 is 11.1 Å². The highest BCUT2D eigenvalue weighted by Gasteiger charge is 2.87. The molecule has 0 spiro atoms. The molecule has 2 saturated carbocycles. The highest BCUT2D eigenvalue weighted by molar-refractivity contribution is 6.23. The van der Waals surface area contributed by atoms with Gasteiger partial charge in [-0.05, 0) is 50.5 Å². The third kappa shape index (κ3) is 3.65. The Labute approximate surface area is 189 Å². The molecular formula is C24H37N2O6+. The van der Waals surface area contributed by atoms with E-state index in [0.29, 0.717) is 24.3 Å². The number of methoxy groups -OCH3 is 1. The van der Waals surface area contributed by atoms with Crippen LogP contribution in [0, 0.1) is 17.8 Å². The van der Waals surface area contributed by atoms with Crippen molar-refractivity contribution < 1.29 is 34.3 Å². The van der Waals surface area contributed by atoms with Crippen molar-refractivity contribution in [1.29, 1.82) is 0 Å². The summed E-state index contributed by atoms with van der Waals surface area (Å²) in [6.07, 6.45) is 7.05. The van der Waals surface area contributed by atoms with E-state index in [0.717, 1.165) is 50.6 Å². The first kappa shape index (κ1) is 23.5. The zero-order valence-corrected chi connectivity index (χ0v) is 19.2. The number of rotatable bonds is 7. The average molecular weight is 450 g/mol. The molecule has 6 atom stereocenters. The fraction of sp³-hybridized carbons (Fsp3) is 0.792. The van der Waals surface area contributed by atoms with Crippen molar-refractivity contribution in [2.24, 2.45) is 23.5 Å². The zero-order valence-electron chi connectivity index (χ0n) is 19.2.